The van der Waals surface area contributed by atoms with E-state index in [1.54, 1.807) is 24.1 Å². The topological polar surface area (TPSA) is 79.0 Å². The molecule has 25 heavy (non-hydrogen) atoms. The van der Waals surface area contributed by atoms with Crippen LogP contribution in [0, 0.1) is 5.82 Å². The normalized spacial score (nSPS) is 20.0. The molecule has 8 heteroatoms. The van der Waals surface area contributed by atoms with Crippen LogP contribution in [-0.4, -0.2) is 43.5 Å². The summed E-state index contributed by atoms with van der Waals surface area (Å²) in [6.07, 6.45) is 1.67. The number of allylic oxidation sites excluding steroid dienone is 1. The maximum absolute atomic E-state index is 14.5. The van der Waals surface area contributed by atoms with Crippen LogP contribution in [0.25, 0.3) is 0 Å². The first-order chi connectivity index (χ1) is 12.0. The largest absolute Gasteiger partial charge is 0.434 e. The van der Waals surface area contributed by atoms with Crippen LogP contribution < -0.4 is 15.1 Å². The first kappa shape index (κ1) is 16.9. The Morgan fingerprint density at radius 3 is 2.84 bits per heavy atom. The molecule has 7 nitrogen and oxygen atoms in total. The van der Waals surface area contributed by atoms with Crippen LogP contribution in [0.3, 0.4) is 0 Å². The van der Waals surface area contributed by atoms with E-state index in [0.717, 1.165) is 0 Å². The van der Waals surface area contributed by atoms with Crippen LogP contribution in [0.2, 0.25) is 0 Å². The summed E-state index contributed by atoms with van der Waals surface area (Å²) in [5.41, 5.74) is 0.635. The fourth-order valence-corrected chi connectivity index (χ4v) is 2.76. The Balaban J connectivity index is 1.77. The third-order valence-electron chi connectivity index (χ3n) is 4.05. The number of carbonyl (C=O) groups is 3. The monoisotopic (exact) mass is 347 g/mol. The average molecular weight is 347 g/mol. The van der Waals surface area contributed by atoms with Crippen LogP contribution in [0.5, 0.6) is 0 Å². The molecule has 0 saturated carbocycles. The number of hydrogen-bond acceptors (Lipinski definition) is 5. The molecule has 0 bridgehead atoms. The Labute approximate surface area is 144 Å². The number of anilines is 2. The number of likely N-dealkylation sites (N-methyl/N-ethyl adjacent to an activating group) is 1. The fourth-order valence-electron chi connectivity index (χ4n) is 2.76. The summed E-state index contributed by atoms with van der Waals surface area (Å²) in [6.45, 7) is 2.63. The van der Waals surface area contributed by atoms with Gasteiger partial charge >= 0.3 is 6.09 Å². The molecule has 1 N–H and O–H groups in total. The number of ketones is 1. The molecule has 0 spiro atoms. The molecule has 2 heterocycles. The van der Waals surface area contributed by atoms with E-state index in [2.05, 4.69) is 5.32 Å². The molecular formula is C17H18FN3O4. The van der Waals surface area contributed by atoms with Gasteiger partial charge in [-0.05, 0) is 31.2 Å². The number of amides is 2. The smallest absolute Gasteiger partial charge is 0.415 e. The van der Waals surface area contributed by atoms with Gasteiger partial charge in [-0.15, -0.1) is 0 Å². The van der Waals surface area contributed by atoms with Crippen molar-refractivity contribution in [2.24, 2.45) is 0 Å². The summed E-state index contributed by atoms with van der Waals surface area (Å²) >= 11 is 0. The number of hydrogen-bond donors (Lipinski definition) is 1. The van der Waals surface area contributed by atoms with E-state index in [9.17, 15) is 18.8 Å². The van der Waals surface area contributed by atoms with Crippen LogP contribution in [-0.2, 0) is 14.3 Å². The molecule has 132 valence electrons. The van der Waals surface area contributed by atoms with Gasteiger partial charge in [-0.2, -0.15) is 0 Å². The second kappa shape index (κ2) is 6.92. The van der Waals surface area contributed by atoms with Crippen molar-refractivity contribution in [3.05, 3.63) is 36.3 Å². The molecule has 2 aliphatic heterocycles. The zero-order valence-electron chi connectivity index (χ0n) is 13.7. The molecule has 2 aliphatic rings. The fraction of sp³-hybridized carbons (Fsp3) is 0.353. The van der Waals surface area contributed by atoms with E-state index in [1.165, 1.54) is 23.1 Å². The van der Waals surface area contributed by atoms with E-state index < -0.39 is 18.0 Å². The first-order valence-electron chi connectivity index (χ1n) is 8.02. The lowest BCUT2D eigenvalue weighted by molar-refractivity contribution is -0.127. The Morgan fingerprint density at radius 2 is 2.20 bits per heavy atom. The van der Waals surface area contributed by atoms with Crippen LogP contribution >= 0.6 is 0 Å². The van der Waals surface area contributed by atoms with Crippen molar-refractivity contribution < 1.29 is 23.5 Å². The number of nitrogens with zero attached hydrogens (tertiary/aromatic N) is 2. The van der Waals surface area contributed by atoms with E-state index >= 15 is 0 Å². The van der Waals surface area contributed by atoms with Gasteiger partial charge in [0.05, 0.1) is 17.9 Å². The summed E-state index contributed by atoms with van der Waals surface area (Å²) in [7, 11) is 0. The lowest BCUT2D eigenvalue weighted by Gasteiger charge is -2.24. The second-order valence-corrected chi connectivity index (χ2v) is 5.74. The third-order valence-corrected chi connectivity index (χ3v) is 4.05. The first-order valence-corrected chi connectivity index (χ1v) is 8.02. The van der Waals surface area contributed by atoms with Crippen LogP contribution in [0.15, 0.2) is 30.5 Å². The lowest BCUT2D eigenvalue weighted by Crippen LogP contribution is -2.37. The van der Waals surface area contributed by atoms with Gasteiger partial charge in [0.25, 0.3) is 5.91 Å². The van der Waals surface area contributed by atoms with E-state index in [-0.39, 0.29) is 18.2 Å². The maximum atomic E-state index is 14.5. The highest BCUT2D eigenvalue weighted by molar-refractivity contribution is 5.96. The summed E-state index contributed by atoms with van der Waals surface area (Å²) in [5.74, 6) is -0.895. The van der Waals surface area contributed by atoms with Crippen molar-refractivity contribution in [3.63, 3.8) is 0 Å². The summed E-state index contributed by atoms with van der Waals surface area (Å²) < 4.78 is 19.5. The van der Waals surface area contributed by atoms with Crippen molar-refractivity contribution in [1.29, 1.82) is 0 Å². The minimum Gasteiger partial charge on any atom is -0.434 e. The van der Waals surface area contributed by atoms with Crippen molar-refractivity contribution in [2.45, 2.75) is 19.4 Å². The predicted octanol–water partition coefficient (Wildman–Crippen LogP) is 1.58. The summed E-state index contributed by atoms with van der Waals surface area (Å²) in [6, 6.07) is 4.35. The molecule has 2 amide bonds. The average Bonchev–Trinajstić information content (AvgIpc) is 2.98. The van der Waals surface area contributed by atoms with Gasteiger partial charge in [0.1, 0.15) is 5.82 Å². The Hall–Kier alpha value is -2.90. The van der Waals surface area contributed by atoms with E-state index in [4.69, 9.17) is 4.74 Å². The van der Waals surface area contributed by atoms with Gasteiger partial charge in [-0.3, -0.25) is 14.5 Å². The Kier molecular flexibility index (Phi) is 4.69. The van der Waals surface area contributed by atoms with Crippen molar-refractivity contribution in [1.82, 2.24) is 5.32 Å². The molecule has 1 aromatic carbocycles. The minimum absolute atomic E-state index is 0.00416. The van der Waals surface area contributed by atoms with Gasteiger partial charge in [0.15, 0.2) is 11.9 Å². The summed E-state index contributed by atoms with van der Waals surface area (Å²) in [4.78, 5) is 37.8. The Morgan fingerprint density at radius 1 is 1.40 bits per heavy atom. The van der Waals surface area contributed by atoms with E-state index in [0.29, 0.717) is 30.9 Å². The minimum atomic E-state index is -0.911. The highest BCUT2D eigenvalue weighted by Gasteiger charge is 2.37. The van der Waals surface area contributed by atoms with Crippen LogP contribution in [0.1, 0.15) is 13.3 Å². The number of halogens is 1. The molecule has 1 fully saturated rings. The number of cyclic esters (lactones) is 1. The molecule has 0 aromatic heterocycles. The number of nitrogens with one attached hydrogen (secondary N) is 1. The van der Waals surface area contributed by atoms with Crippen LogP contribution in [0.4, 0.5) is 20.6 Å². The molecule has 1 saturated heterocycles. The van der Waals surface area contributed by atoms with Gasteiger partial charge in [0, 0.05) is 25.7 Å². The second-order valence-electron chi connectivity index (χ2n) is 5.74. The van der Waals surface area contributed by atoms with Gasteiger partial charge in [-0.1, -0.05) is 0 Å². The SMILES string of the molecule is CCNC(=O)C1CN(c2ccc(N3C=CC(=O)CC3)c(F)c2)C(=O)O1. The molecule has 1 aromatic rings. The molecule has 1 unspecified atom stereocenters. The predicted molar refractivity (Wildman–Crippen MR) is 88.8 cm³/mol. The number of ether oxygens (including phenoxy) is 1. The molecule has 1 atom stereocenters. The number of rotatable bonds is 4. The standard InChI is InChI=1S/C17H18FN3O4/c1-2-19-16(23)15-10-21(17(24)25-15)11-3-4-14(13(18)9-11)20-7-5-12(22)6-8-20/h3-5,7,9,15H,2,6,8,10H2,1H3,(H,19,23). The van der Waals surface area contributed by atoms with Crippen molar-refractivity contribution in [3.8, 4) is 0 Å². The Bertz CT molecular complexity index is 749. The highest BCUT2D eigenvalue weighted by atomic mass is 19.1. The quantitative estimate of drug-likeness (QED) is 0.895. The number of benzene rings is 1. The zero-order valence-corrected chi connectivity index (χ0v) is 13.7. The molecule has 0 radical (unpaired) electrons. The van der Waals surface area contributed by atoms with E-state index in [1.807, 2.05) is 0 Å². The van der Waals surface area contributed by atoms with Gasteiger partial charge in [0.2, 0.25) is 0 Å². The molecular weight excluding hydrogens is 329 g/mol. The zero-order chi connectivity index (χ0) is 18.0. The lowest BCUT2D eigenvalue weighted by atomic mass is 10.1. The summed E-state index contributed by atoms with van der Waals surface area (Å²) in [5, 5.41) is 2.59. The maximum Gasteiger partial charge on any atom is 0.415 e. The van der Waals surface area contributed by atoms with Crippen molar-refractivity contribution >= 4 is 29.2 Å². The van der Waals surface area contributed by atoms with Crippen molar-refractivity contribution in [2.75, 3.05) is 29.4 Å². The third kappa shape index (κ3) is 3.47. The molecule has 0 aliphatic carbocycles. The highest BCUT2D eigenvalue weighted by Crippen LogP contribution is 2.29. The number of carbonyl (C=O) groups excluding carboxylic acids is 3. The van der Waals surface area contributed by atoms with Gasteiger partial charge < -0.3 is 15.0 Å². The van der Waals surface area contributed by atoms with Gasteiger partial charge in [-0.25, -0.2) is 9.18 Å². The molecule has 3 rings (SSSR count).